The fourth-order valence-corrected chi connectivity index (χ4v) is 2.71. The zero-order chi connectivity index (χ0) is 9.97. The Morgan fingerprint density at radius 3 is 2.79 bits per heavy atom. The summed E-state index contributed by atoms with van der Waals surface area (Å²) in [4.78, 5) is 10.6. The van der Waals surface area contributed by atoms with E-state index >= 15 is 0 Å². The summed E-state index contributed by atoms with van der Waals surface area (Å²) in [5, 5.41) is 0. The fourth-order valence-electron chi connectivity index (χ4n) is 2.03. The molecule has 0 aliphatic heterocycles. The van der Waals surface area contributed by atoms with Crippen LogP contribution in [0.15, 0.2) is 12.5 Å². The van der Waals surface area contributed by atoms with Crippen molar-refractivity contribution in [3.05, 3.63) is 16.1 Å². The lowest BCUT2D eigenvalue weighted by Crippen LogP contribution is -2.30. The molecule has 0 radical (unpaired) electrons. The van der Waals surface area contributed by atoms with E-state index in [9.17, 15) is 0 Å². The first-order valence-electron chi connectivity index (χ1n) is 4.97. The van der Waals surface area contributed by atoms with E-state index in [-0.39, 0.29) is 0 Å². The molecule has 1 saturated carbocycles. The molecule has 76 valence electrons. The summed E-state index contributed by atoms with van der Waals surface area (Å²) in [5.74, 6) is 1.08. The summed E-state index contributed by atoms with van der Waals surface area (Å²) >= 11 is 2.30. The summed E-state index contributed by atoms with van der Waals surface area (Å²) < 4.78 is 1.14. The Labute approximate surface area is 98.1 Å². The maximum atomic E-state index is 4.33. The first-order chi connectivity index (χ1) is 6.79. The number of hydrogen-bond acceptors (Lipinski definition) is 3. The Hall–Kier alpha value is -0.390. The minimum absolute atomic E-state index is 0.679. The van der Waals surface area contributed by atoms with Gasteiger partial charge >= 0.3 is 0 Å². The standard InChI is InChI=1S/C10H14IN3/c1-14(8-4-2-3-5-8)10-9(11)6-12-7-13-10/h6-8H,2-5H2,1H3. The Morgan fingerprint density at radius 2 is 2.14 bits per heavy atom. The highest BCUT2D eigenvalue weighted by atomic mass is 127. The maximum Gasteiger partial charge on any atom is 0.145 e. The second-order valence-corrected chi connectivity index (χ2v) is 4.91. The van der Waals surface area contributed by atoms with Gasteiger partial charge in [-0.05, 0) is 35.4 Å². The average Bonchev–Trinajstić information content (AvgIpc) is 2.70. The van der Waals surface area contributed by atoms with Crippen molar-refractivity contribution in [2.45, 2.75) is 31.7 Å². The highest BCUT2D eigenvalue weighted by molar-refractivity contribution is 14.1. The van der Waals surface area contributed by atoms with Crippen LogP contribution in [0.4, 0.5) is 5.82 Å². The van der Waals surface area contributed by atoms with Gasteiger partial charge in [-0.15, -0.1) is 0 Å². The van der Waals surface area contributed by atoms with Gasteiger partial charge in [0.1, 0.15) is 12.1 Å². The molecule has 14 heavy (non-hydrogen) atoms. The van der Waals surface area contributed by atoms with E-state index in [2.05, 4.69) is 44.5 Å². The van der Waals surface area contributed by atoms with Crippen LogP contribution in [0, 0.1) is 3.57 Å². The largest absolute Gasteiger partial charge is 0.356 e. The fraction of sp³-hybridized carbons (Fsp3) is 0.600. The summed E-state index contributed by atoms with van der Waals surface area (Å²) in [6.45, 7) is 0. The highest BCUT2D eigenvalue weighted by Crippen LogP contribution is 2.27. The number of aromatic nitrogens is 2. The molecule has 3 nitrogen and oxygen atoms in total. The van der Waals surface area contributed by atoms with Gasteiger partial charge in [0.15, 0.2) is 0 Å². The minimum Gasteiger partial charge on any atom is -0.356 e. The van der Waals surface area contributed by atoms with Crippen molar-refractivity contribution in [1.82, 2.24) is 9.97 Å². The predicted molar refractivity (Wildman–Crippen MR) is 65.4 cm³/mol. The molecular formula is C10H14IN3. The van der Waals surface area contributed by atoms with Crippen molar-refractivity contribution in [1.29, 1.82) is 0 Å². The summed E-state index contributed by atoms with van der Waals surface area (Å²) in [7, 11) is 2.14. The van der Waals surface area contributed by atoms with Crippen molar-refractivity contribution >= 4 is 28.4 Å². The van der Waals surface area contributed by atoms with E-state index in [0.29, 0.717) is 6.04 Å². The number of nitrogens with zero attached hydrogens (tertiary/aromatic N) is 3. The molecule has 1 fully saturated rings. The van der Waals surface area contributed by atoms with E-state index in [1.807, 2.05) is 6.20 Å². The zero-order valence-electron chi connectivity index (χ0n) is 8.28. The van der Waals surface area contributed by atoms with Crippen molar-refractivity contribution in [2.75, 3.05) is 11.9 Å². The van der Waals surface area contributed by atoms with Crippen molar-refractivity contribution in [3.63, 3.8) is 0 Å². The molecule has 1 aliphatic rings. The first-order valence-corrected chi connectivity index (χ1v) is 6.05. The van der Waals surface area contributed by atoms with Gasteiger partial charge in [0, 0.05) is 19.3 Å². The van der Waals surface area contributed by atoms with Gasteiger partial charge in [-0.25, -0.2) is 9.97 Å². The van der Waals surface area contributed by atoms with E-state index < -0.39 is 0 Å². The van der Waals surface area contributed by atoms with Gasteiger partial charge in [-0.1, -0.05) is 12.8 Å². The van der Waals surface area contributed by atoms with Crippen LogP contribution in [0.25, 0.3) is 0 Å². The smallest absolute Gasteiger partial charge is 0.145 e. The quantitative estimate of drug-likeness (QED) is 0.786. The predicted octanol–water partition coefficient (Wildman–Crippen LogP) is 2.46. The van der Waals surface area contributed by atoms with Crippen LogP contribution in [0.5, 0.6) is 0 Å². The molecular weight excluding hydrogens is 289 g/mol. The molecule has 0 atom stereocenters. The molecule has 1 aromatic heterocycles. The van der Waals surface area contributed by atoms with Gasteiger partial charge in [0.2, 0.25) is 0 Å². The topological polar surface area (TPSA) is 29.0 Å². The third-order valence-corrected chi connectivity index (χ3v) is 3.62. The molecule has 0 spiro atoms. The molecule has 0 bridgehead atoms. The van der Waals surface area contributed by atoms with E-state index in [0.717, 1.165) is 9.39 Å². The van der Waals surface area contributed by atoms with E-state index in [4.69, 9.17) is 0 Å². The van der Waals surface area contributed by atoms with Crippen LogP contribution in [-0.4, -0.2) is 23.1 Å². The Kier molecular flexibility index (Phi) is 3.20. The molecule has 4 heteroatoms. The van der Waals surface area contributed by atoms with Gasteiger partial charge in [-0.3, -0.25) is 0 Å². The molecule has 1 heterocycles. The van der Waals surface area contributed by atoms with Crippen LogP contribution in [0.1, 0.15) is 25.7 Å². The van der Waals surface area contributed by atoms with Gasteiger partial charge in [-0.2, -0.15) is 0 Å². The highest BCUT2D eigenvalue weighted by Gasteiger charge is 2.21. The SMILES string of the molecule is CN(c1ncncc1I)C1CCCC1. The molecule has 2 rings (SSSR count). The Bertz CT molecular complexity index is 310. The number of halogens is 1. The molecule has 1 aliphatic carbocycles. The Balaban J connectivity index is 2.17. The van der Waals surface area contributed by atoms with Gasteiger partial charge in [0.05, 0.1) is 3.57 Å². The van der Waals surface area contributed by atoms with Gasteiger partial charge < -0.3 is 4.90 Å². The summed E-state index contributed by atoms with van der Waals surface area (Å²) in [6, 6.07) is 0.679. The lowest BCUT2D eigenvalue weighted by molar-refractivity contribution is 0.644. The van der Waals surface area contributed by atoms with Crippen LogP contribution < -0.4 is 4.90 Å². The van der Waals surface area contributed by atoms with Crippen molar-refractivity contribution < 1.29 is 0 Å². The second-order valence-electron chi connectivity index (χ2n) is 3.74. The van der Waals surface area contributed by atoms with Crippen molar-refractivity contribution in [2.24, 2.45) is 0 Å². The van der Waals surface area contributed by atoms with E-state index in [1.54, 1.807) is 6.33 Å². The monoisotopic (exact) mass is 303 g/mol. The van der Waals surface area contributed by atoms with Crippen LogP contribution in [0.3, 0.4) is 0 Å². The second kappa shape index (κ2) is 4.42. The average molecular weight is 303 g/mol. The lowest BCUT2D eigenvalue weighted by Gasteiger charge is -2.25. The summed E-state index contributed by atoms with van der Waals surface area (Å²) in [5.41, 5.74) is 0. The van der Waals surface area contributed by atoms with E-state index in [1.165, 1.54) is 25.7 Å². The molecule has 0 amide bonds. The van der Waals surface area contributed by atoms with Crippen molar-refractivity contribution in [3.8, 4) is 0 Å². The van der Waals surface area contributed by atoms with Gasteiger partial charge in [0.25, 0.3) is 0 Å². The third-order valence-electron chi connectivity index (χ3n) is 2.85. The van der Waals surface area contributed by atoms with Crippen LogP contribution in [0.2, 0.25) is 0 Å². The number of anilines is 1. The normalized spacial score (nSPS) is 17.3. The first kappa shape index (κ1) is 10.1. The molecule has 0 aromatic carbocycles. The minimum atomic E-state index is 0.679. The zero-order valence-corrected chi connectivity index (χ0v) is 10.4. The number of hydrogen-bond donors (Lipinski definition) is 0. The molecule has 0 unspecified atom stereocenters. The molecule has 0 N–H and O–H groups in total. The Morgan fingerprint density at radius 1 is 1.43 bits per heavy atom. The lowest BCUT2D eigenvalue weighted by atomic mass is 10.2. The van der Waals surface area contributed by atoms with Crippen LogP contribution in [-0.2, 0) is 0 Å². The van der Waals surface area contributed by atoms with Crippen LogP contribution >= 0.6 is 22.6 Å². The summed E-state index contributed by atoms with van der Waals surface area (Å²) in [6.07, 6.45) is 8.82. The molecule has 1 aromatic rings. The number of rotatable bonds is 2. The third kappa shape index (κ3) is 1.99. The maximum absolute atomic E-state index is 4.33. The molecule has 0 saturated heterocycles.